The van der Waals surface area contributed by atoms with Crippen molar-refractivity contribution >= 4 is 23.4 Å². The number of halogens is 2. The van der Waals surface area contributed by atoms with Crippen molar-refractivity contribution in [1.82, 2.24) is 0 Å². The maximum absolute atomic E-state index is 13.2. The van der Waals surface area contributed by atoms with Crippen LogP contribution in [0.5, 0.6) is 0 Å². The molecule has 0 spiro atoms. The van der Waals surface area contributed by atoms with E-state index in [0.29, 0.717) is 11.3 Å². The fourth-order valence-electron chi connectivity index (χ4n) is 0.990. The van der Waals surface area contributed by atoms with E-state index in [0.717, 1.165) is 0 Å². The highest BCUT2D eigenvalue weighted by molar-refractivity contribution is 6.31. The minimum atomic E-state index is -0.434. The minimum Gasteiger partial charge on any atom is -0.385 e. The van der Waals surface area contributed by atoms with Crippen molar-refractivity contribution in [3.05, 3.63) is 35.1 Å². The van der Waals surface area contributed by atoms with E-state index in [1.54, 1.807) is 19.2 Å². The van der Waals surface area contributed by atoms with E-state index < -0.39 is 5.82 Å². The molecule has 0 aliphatic rings. The molecule has 64 valence electrons. The van der Waals surface area contributed by atoms with Gasteiger partial charge in [0.05, 0.1) is 10.7 Å². The topological polar surface area (TPSA) is 12.0 Å². The lowest BCUT2D eigenvalue weighted by Crippen LogP contribution is -1.95. The molecule has 0 saturated carbocycles. The Kier molecular flexibility index (Phi) is 2.71. The van der Waals surface area contributed by atoms with Gasteiger partial charge in [0, 0.05) is 12.6 Å². The largest absolute Gasteiger partial charge is 0.385 e. The highest BCUT2D eigenvalue weighted by Gasteiger charge is 2.07. The van der Waals surface area contributed by atoms with Crippen molar-refractivity contribution in [3.8, 4) is 0 Å². The first-order valence-electron chi connectivity index (χ1n) is 3.49. The molecule has 0 radical (unpaired) electrons. The third-order valence-electron chi connectivity index (χ3n) is 1.60. The van der Waals surface area contributed by atoms with Gasteiger partial charge >= 0.3 is 0 Å². The molecular formula is C9H9ClFN. The van der Waals surface area contributed by atoms with Gasteiger partial charge in [-0.05, 0) is 6.07 Å². The Balaban J connectivity index is 3.35. The summed E-state index contributed by atoms with van der Waals surface area (Å²) in [5, 5.41) is 2.84. The quantitative estimate of drug-likeness (QED) is 0.747. The van der Waals surface area contributed by atoms with Crippen LogP contribution < -0.4 is 5.32 Å². The van der Waals surface area contributed by atoms with Crippen LogP contribution in [0.25, 0.3) is 6.08 Å². The molecule has 1 aromatic rings. The Bertz CT molecular complexity index is 310. The Morgan fingerprint density at radius 1 is 1.58 bits per heavy atom. The second kappa shape index (κ2) is 3.59. The predicted molar refractivity (Wildman–Crippen MR) is 51.0 cm³/mol. The van der Waals surface area contributed by atoms with E-state index in [9.17, 15) is 4.39 Å². The second-order valence-electron chi connectivity index (χ2n) is 2.28. The van der Waals surface area contributed by atoms with E-state index in [1.807, 2.05) is 0 Å². The molecule has 1 nitrogen and oxygen atoms in total. The summed E-state index contributed by atoms with van der Waals surface area (Å²) in [6, 6.07) is 3.22. The van der Waals surface area contributed by atoms with Gasteiger partial charge in [0.15, 0.2) is 5.82 Å². The smallest absolute Gasteiger partial charge is 0.165 e. The summed E-state index contributed by atoms with van der Waals surface area (Å²) in [6.07, 6.45) is 1.57. The molecule has 0 heterocycles. The first kappa shape index (κ1) is 9.07. The molecule has 0 aliphatic carbocycles. The van der Waals surface area contributed by atoms with Gasteiger partial charge in [0.2, 0.25) is 0 Å². The summed E-state index contributed by atoms with van der Waals surface area (Å²) in [6.45, 7) is 3.56. The zero-order chi connectivity index (χ0) is 9.14. The molecule has 12 heavy (non-hydrogen) atoms. The van der Waals surface area contributed by atoms with Crippen LogP contribution in [-0.4, -0.2) is 7.05 Å². The Hall–Kier alpha value is -1.02. The van der Waals surface area contributed by atoms with Crippen molar-refractivity contribution < 1.29 is 4.39 Å². The van der Waals surface area contributed by atoms with Gasteiger partial charge in [-0.15, -0.1) is 0 Å². The summed E-state index contributed by atoms with van der Waals surface area (Å²) >= 11 is 5.57. The minimum absolute atomic E-state index is 0.116. The highest BCUT2D eigenvalue weighted by Crippen LogP contribution is 2.26. The van der Waals surface area contributed by atoms with Gasteiger partial charge in [0.25, 0.3) is 0 Å². The molecule has 1 N–H and O–H groups in total. The molecule has 0 saturated heterocycles. The molecule has 1 rings (SSSR count). The summed E-state index contributed by atoms with van der Waals surface area (Å²) < 4.78 is 13.2. The van der Waals surface area contributed by atoms with E-state index in [1.165, 1.54) is 6.07 Å². The van der Waals surface area contributed by atoms with Crippen LogP contribution in [0.15, 0.2) is 18.7 Å². The summed E-state index contributed by atoms with van der Waals surface area (Å²) in [5.41, 5.74) is 1.09. The number of nitrogens with one attached hydrogen (secondary N) is 1. The first-order valence-corrected chi connectivity index (χ1v) is 3.86. The molecule has 0 unspecified atom stereocenters. The van der Waals surface area contributed by atoms with Crippen LogP contribution >= 0.6 is 11.6 Å². The number of rotatable bonds is 2. The average molecular weight is 186 g/mol. The van der Waals surface area contributed by atoms with Crippen molar-refractivity contribution in [1.29, 1.82) is 0 Å². The van der Waals surface area contributed by atoms with E-state index >= 15 is 0 Å². The van der Waals surface area contributed by atoms with Crippen LogP contribution in [0.2, 0.25) is 5.02 Å². The normalized spacial score (nSPS) is 9.58. The van der Waals surface area contributed by atoms with Crippen LogP contribution in [-0.2, 0) is 0 Å². The van der Waals surface area contributed by atoms with E-state index in [-0.39, 0.29) is 5.02 Å². The van der Waals surface area contributed by atoms with Gasteiger partial charge < -0.3 is 5.32 Å². The summed E-state index contributed by atoms with van der Waals surface area (Å²) in [7, 11) is 1.64. The average Bonchev–Trinajstić information content (AvgIpc) is 2.09. The Labute approximate surface area is 75.9 Å². The Morgan fingerprint density at radius 3 is 2.75 bits per heavy atom. The molecule has 3 heteroatoms. The lowest BCUT2D eigenvalue weighted by molar-refractivity contribution is 0.631. The molecule has 0 atom stereocenters. The van der Waals surface area contributed by atoms with E-state index in [4.69, 9.17) is 11.6 Å². The maximum atomic E-state index is 13.2. The number of anilines is 1. The zero-order valence-electron chi connectivity index (χ0n) is 6.70. The van der Waals surface area contributed by atoms with Crippen LogP contribution in [0.3, 0.4) is 0 Å². The highest BCUT2D eigenvalue weighted by atomic mass is 35.5. The summed E-state index contributed by atoms with van der Waals surface area (Å²) in [5.74, 6) is -0.434. The zero-order valence-corrected chi connectivity index (χ0v) is 7.45. The molecule has 0 fully saturated rings. The lowest BCUT2D eigenvalue weighted by atomic mass is 10.1. The number of benzene rings is 1. The number of hydrogen-bond acceptors (Lipinski definition) is 1. The maximum Gasteiger partial charge on any atom is 0.165 e. The van der Waals surface area contributed by atoms with Crippen LogP contribution in [0, 0.1) is 5.82 Å². The second-order valence-corrected chi connectivity index (χ2v) is 2.69. The molecule has 0 bridgehead atoms. The van der Waals surface area contributed by atoms with Crippen molar-refractivity contribution in [2.45, 2.75) is 0 Å². The van der Waals surface area contributed by atoms with Gasteiger partial charge in [-0.1, -0.05) is 30.3 Å². The van der Waals surface area contributed by atoms with Crippen molar-refractivity contribution in [2.24, 2.45) is 0 Å². The number of hydrogen-bond donors (Lipinski definition) is 1. The molecular weight excluding hydrogens is 177 g/mol. The first-order chi connectivity index (χ1) is 5.70. The van der Waals surface area contributed by atoms with Gasteiger partial charge in [0.1, 0.15) is 0 Å². The molecule has 1 aromatic carbocycles. The van der Waals surface area contributed by atoms with Crippen molar-refractivity contribution in [2.75, 3.05) is 12.4 Å². The van der Waals surface area contributed by atoms with E-state index in [2.05, 4.69) is 11.9 Å². The standard InChI is InChI=1S/C9H9ClFN/c1-3-6-4-5-7(10)8(11)9(6)12-2/h3-5,12H,1H2,2H3. The molecule has 0 amide bonds. The third-order valence-corrected chi connectivity index (χ3v) is 1.89. The Morgan fingerprint density at radius 2 is 2.25 bits per heavy atom. The molecule has 0 aliphatic heterocycles. The van der Waals surface area contributed by atoms with Gasteiger partial charge in [-0.2, -0.15) is 0 Å². The monoisotopic (exact) mass is 185 g/mol. The van der Waals surface area contributed by atoms with Gasteiger partial charge in [-0.25, -0.2) is 4.39 Å². The SMILES string of the molecule is C=Cc1ccc(Cl)c(F)c1NC. The fourth-order valence-corrected chi connectivity index (χ4v) is 1.15. The fraction of sp³-hybridized carbons (Fsp3) is 0.111. The van der Waals surface area contributed by atoms with Crippen molar-refractivity contribution in [3.63, 3.8) is 0 Å². The third kappa shape index (κ3) is 1.43. The predicted octanol–water partition coefficient (Wildman–Crippen LogP) is 3.16. The van der Waals surface area contributed by atoms with Gasteiger partial charge in [-0.3, -0.25) is 0 Å². The lowest BCUT2D eigenvalue weighted by Gasteiger charge is -2.07. The van der Waals surface area contributed by atoms with Crippen LogP contribution in [0.4, 0.5) is 10.1 Å². The van der Waals surface area contributed by atoms with Crippen LogP contribution in [0.1, 0.15) is 5.56 Å². The molecule has 0 aromatic heterocycles. The summed E-state index contributed by atoms with van der Waals surface area (Å²) in [4.78, 5) is 0.